The van der Waals surface area contributed by atoms with Crippen molar-refractivity contribution in [1.82, 2.24) is 15.3 Å². The van der Waals surface area contributed by atoms with E-state index >= 15 is 0 Å². The molecule has 1 fully saturated rings. The molecular weight excluding hydrogens is 323 g/mol. The van der Waals surface area contributed by atoms with Gasteiger partial charge >= 0.3 is 5.97 Å². The van der Waals surface area contributed by atoms with Gasteiger partial charge in [0.1, 0.15) is 11.4 Å². The number of nitrogens with zero attached hydrogens (tertiary/aromatic N) is 3. The second-order valence-electron chi connectivity index (χ2n) is 6.57. The molecule has 0 bridgehead atoms. The van der Waals surface area contributed by atoms with Crippen LogP contribution >= 0.6 is 0 Å². The minimum absolute atomic E-state index is 0.00897. The maximum atomic E-state index is 13.4. The molecule has 1 aliphatic rings. The number of piperazine rings is 1. The Balaban J connectivity index is 2.08. The van der Waals surface area contributed by atoms with Gasteiger partial charge in [0.25, 0.3) is 0 Å². The summed E-state index contributed by atoms with van der Waals surface area (Å²) in [6.45, 7) is 7.37. The Labute approximate surface area is 145 Å². The van der Waals surface area contributed by atoms with E-state index in [2.05, 4.69) is 29.1 Å². The standard InChI is InChI=1S/C18H21FN4O2/c1-10-6-13(19)4-5-14(10)16-15(17(24)25)7-20-18(22-16)23-8-11(2)21-12(3)9-23/h4-7,11-12,21H,8-9H2,1-3H3,(H,24,25)/t11-,12-/m1/s1. The molecule has 7 heteroatoms. The Hall–Kier alpha value is -2.54. The van der Waals surface area contributed by atoms with E-state index in [1.807, 2.05) is 4.90 Å². The number of nitrogens with one attached hydrogen (secondary N) is 1. The molecule has 2 aromatic rings. The first kappa shape index (κ1) is 17.3. The lowest BCUT2D eigenvalue weighted by atomic mass is 10.0. The molecule has 1 aromatic heterocycles. The maximum Gasteiger partial charge on any atom is 0.339 e. The summed E-state index contributed by atoms with van der Waals surface area (Å²) in [5.41, 5.74) is 1.55. The highest BCUT2D eigenvalue weighted by Crippen LogP contribution is 2.27. The number of benzene rings is 1. The van der Waals surface area contributed by atoms with Crippen LogP contribution in [0.15, 0.2) is 24.4 Å². The van der Waals surface area contributed by atoms with Crippen molar-refractivity contribution in [3.8, 4) is 11.3 Å². The van der Waals surface area contributed by atoms with Crippen molar-refractivity contribution in [1.29, 1.82) is 0 Å². The second kappa shape index (κ2) is 6.76. The van der Waals surface area contributed by atoms with E-state index in [1.165, 1.54) is 18.3 Å². The van der Waals surface area contributed by atoms with E-state index in [4.69, 9.17) is 0 Å². The van der Waals surface area contributed by atoms with Crippen LogP contribution in [-0.4, -0.2) is 46.2 Å². The average molecular weight is 344 g/mol. The summed E-state index contributed by atoms with van der Waals surface area (Å²) < 4.78 is 13.4. The fourth-order valence-electron chi connectivity index (χ4n) is 3.27. The maximum absolute atomic E-state index is 13.4. The number of aromatic nitrogens is 2. The summed E-state index contributed by atoms with van der Waals surface area (Å²) >= 11 is 0. The van der Waals surface area contributed by atoms with Crippen molar-refractivity contribution in [2.45, 2.75) is 32.9 Å². The van der Waals surface area contributed by atoms with Gasteiger partial charge in [0.15, 0.2) is 0 Å². The predicted molar refractivity (Wildman–Crippen MR) is 93.4 cm³/mol. The van der Waals surface area contributed by atoms with Crippen molar-refractivity contribution >= 4 is 11.9 Å². The van der Waals surface area contributed by atoms with Gasteiger partial charge in [0.05, 0.1) is 5.69 Å². The Kier molecular flexibility index (Phi) is 4.67. The molecule has 2 N–H and O–H groups in total. The number of rotatable bonds is 3. The van der Waals surface area contributed by atoms with Crippen LogP contribution in [0.25, 0.3) is 11.3 Å². The number of anilines is 1. The summed E-state index contributed by atoms with van der Waals surface area (Å²) in [5.74, 6) is -0.978. The van der Waals surface area contributed by atoms with Gasteiger partial charge in [-0.2, -0.15) is 0 Å². The number of carbonyl (C=O) groups is 1. The zero-order valence-corrected chi connectivity index (χ0v) is 14.5. The fraction of sp³-hybridized carbons (Fsp3) is 0.389. The average Bonchev–Trinajstić information content (AvgIpc) is 2.53. The highest BCUT2D eigenvalue weighted by Gasteiger charge is 2.25. The predicted octanol–water partition coefficient (Wildman–Crippen LogP) is 2.48. The molecule has 0 unspecified atom stereocenters. The van der Waals surface area contributed by atoms with Crippen LogP contribution in [0.1, 0.15) is 29.8 Å². The van der Waals surface area contributed by atoms with Crippen LogP contribution in [0.3, 0.4) is 0 Å². The number of hydrogen-bond acceptors (Lipinski definition) is 5. The van der Waals surface area contributed by atoms with Crippen molar-refractivity contribution in [3.05, 3.63) is 41.3 Å². The van der Waals surface area contributed by atoms with Crippen LogP contribution in [0, 0.1) is 12.7 Å². The third kappa shape index (κ3) is 3.61. The SMILES string of the molecule is Cc1cc(F)ccc1-c1nc(N2C[C@@H](C)N[C@H](C)C2)ncc1C(=O)O. The topological polar surface area (TPSA) is 78.4 Å². The van der Waals surface area contributed by atoms with Crippen molar-refractivity contribution in [2.24, 2.45) is 0 Å². The van der Waals surface area contributed by atoms with Crippen LogP contribution in [0.5, 0.6) is 0 Å². The summed E-state index contributed by atoms with van der Waals surface area (Å²) in [4.78, 5) is 22.4. The highest BCUT2D eigenvalue weighted by molar-refractivity contribution is 5.95. The third-order valence-corrected chi connectivity index (χ3v) is 4.29. The van der Waals surface area contributed by atoms with E-state index < -0.39 is 5.97 Å². The van der Waals surface area contributed by atoms with Gasteiger partial charge in [-0.25, -0.2) is 19.2 Å². The van der Waals surface area contributed by atoms with Crippen LogP contribution < -0.4 is 10.2 Å². The molecule has 0 amide bonds. The number of aromatic carboxylic acids is 1. The molecule has 3 rings (SSSR count). The molecule has 0 spiro atoms. The minimum Gasteiger partial charge on any atom is -0.478 e. The molecule has 1 saturated heterocycles. The van der Waals surface area contributed by atoms with Gasteiger partial charge in [-0.1, -0.05) is 0 Å². The lowest BCUT2D eigenvalue weighted by molar-refractivity contribution is 0.0697. The summed E-state index contributed by atoms with van der Waals surface area (Å²) in [5, 5.41) is 12.9. The molecule has 6 nitrogen and oxygen atoms in total. The van der Waals surface area contributed by atoms with E-state index in [-0.39, 0.29) is 23.5 Å². The molecule has 25 heavy (non-hydrogen) atoms. The van der Waals surface area contributed by atoms with E-state index in [0.29, 0.717) is 22.8 Å². The zero-order valence-electron chi connectivity index (χ0n) is 14.5. The molecule has 2 atom stereocenters. The number of hydrogen-bond donors (Lipinski definition) is 2. The number of aryl methyl sites for hydroxylation is 1. The lowest BCUT2D eigenvalue weighted by Crippen LogP contribution is -2.54. The normalized spacial score (nSPS) is 20.6. The Morgan fingerprint density at radius 1 is 1.32 bits per heavy atom. The van der Waals surface area contributed by atoms with Crippen molar-refractivity contribution in [3.63, 3.8) is 0 Å². The Morgan fingerprint density at radius 2 is 2.00 bits per heavy atom. The fourth-order valence-corrected chi connectivity index (χ4v) is 3.27. The molecule has 0 saturated carbocycles. The number of carboxylic acid groups (broad SMARTS) is 1. The van der Waals surface area contributed by atoms with Gasteiger partial charge in [0, 0.05) is 36.9 Å². The molecular formula is C18H21FN4O2. The van der Waals surface area contributed by atoms with E-state index in [1.54, 1.807) is 13.0 Å². The summed E-state index contributed by atoms with van der Waals surface area (Å²) in [6, 6.07) is 4.80. The largest absolute Gasteiger partial charge is 0.478 e. The van der Waals surface area contributed by atoms with Crippen molar-refractivity contribution < 1.29 is 14.3 Å². The summed E-state index contributed by atoms with van der Waals surface area (Å²) in [7, 11) is 0. The van der Waals surface area contributed by atoms with Crippen LogP contribution in [-0.2, 0) is 0 Å². The zero-order chi connectivity index (χ0) is 18.1. The monoisotopic (exact) mass is 344 g/mol. The minimum atomic E-state index is -1.10. The molecule has 1 aliphatic heterocycles. The van der Waals surface area contributed by atoms with Gasteiger partial charge in [-0.05, 0) is 44.5 Å². The van der Waals surface area contributed by atoms with E-state index in [9.17, 15) is 14.3 Å². The van der Waals surface area contributed by atoms with Gasteiger partial charge < -0.3 is 15.3 Å². The number of halogens is 1. The molecule has 1 aromatic carbocycles. The summed E-state index contributed by atoms with van der Waals surface area (Å²) in [6.07, 6.45) is 1.33. The van der Waals surface area contributed by atoms with Gasteiger partial charge in [0.2, 0.25) is 5.95 Å². The van der Waals surface area contributed by atoms with Gasteiger partial charge in [-0.3, -0.25) is 0 Å². The third-order valence-electron chi connectivity index (χ3n) is 4.29. The lowest BCUT2D eigenvalue weighted by Gasteiger charge is -2.36. The number of carboxylic acids is 1. The molecule has 132 valence electrons. The van der Waals surface area contributed by atoms with Crippen LogP contribution in [0.2, 0.25) is 0 Å². The smallest absolute Gasteiger partial charge is 0.339 e. The molecule has 0 radical (unpaired) electrons. The second-order valence-corrected chi connectivity index (χ2v) is 6.57. The Bertz CT molecular complexity index is 802. The van der Waals surface area contributed by atoms with Crippen molar-refractivity contribution in [2.75, 3.05) is 18.0 Å². The first-order valence-electron chi connectivity index (χ1n) is 8.23. The van der Waals surface area contributed by atoms with Gasteiger partial charge in [-0.15, -0.1) is 0 Å². The Morgan fingerprint density at radius 3 is 2.60 bits per heavy atom. The van der Waals surface area contributed by atoms with Crippen LogP contribution in [0.4, 0.5) is 10.3 Å². The molecule has 0 aliphatic carbocycles. The molecule has 2 heterocycles. The first-order valence-corrected chi connectivity index (χ1v) is 8.23. The first-order chi connectivity index (χ1) is 11.8. The van der Waals surface area contributed by atoms with E-state index in [0.717, 1.165) is 13.1 Å². The highest BCUT2D eigenvalue weighted by atomic mass is 19.1. The quantitative estimate of drug-likeness (QED) is 0.891.